The maximum Gasteiger partial charge on any atom is 0.253 e. The van der Waals surface area contributed by atoms with Crippen LogP contribution in [-0.2, 0) is 6.54 Å². The number of nitrogens with zero attached hydrogens (tertiary/aromatic N) is 2. The molecule has 4 heteroatoms. The first-order valence-electron chi connectivity index (χ1n) is 7.36. The van der Waals surface area contributed by atoms with E-state index in [2.05, 4.69) is 17.2 Å². The highest BCUT2D eigenvalue weighted by Gasteiger charge is 2.20. The van der Waals surface area contributed by atoms with Crippen molar-refractivity contribution in [2.75, 3.05) is 6.54 Å². The van der Waals surface area contributed by atoms with Crippen LogP contribution in [0.25, 0.3) is 0 Å². The van der Waals surface area contributed by atoms with Gasteiger partial charge in [-0.2, -0.15) is 0 Å². The zero-order valence-corrected chi connectivity index (χ0v) is 12.3. The van der Waals surface area contributed by atoms with Crippen LogP contribution in [-0.4, -0.2) is 22.1 Å². The second-order valence-corrected chi connectivity index (χ2v) is 5.76. The molecule has 1 aliphatic carbocycles. The van der Waals surface area contributed by atoms with Crippen molar-refractivity contribution in [3.05, 3.63) is 27.9 Å². The second kappa shape index (κ2) is 6.33. The lowest BCUT2D eigenvalue weighted by Crippen LogP contribution is -2.40. The SMILES string of the molecule is Cc1cc(=O)n(CCNC2CCCCC2C)c(C)n1. The quantitative estimate of drug-likeness (QED) is 0.904. The van der Waals surface area contributed by atoms with Crippen LogP contribution in [0.2, 0.25) is 0 Å². The van der Waals surface area contributed by atoms with Crippen molar-refractivity contribution in [1.82, 2.24) is 14.9 Å². The highest BCUT2D eigenvalue weighted by molar-refractivity contribution is 5.01. The molecule has 0 saturated heterocycles. The smallest absolute Gasteiger partial charge is 0.253 e. The molecule has 2 rings (SSSR count). The fourth-order valence-electron chi connectivity index (χ4n) is 3.02. The number of nitrogens with one attached hydrogen (secondary N) is 1. The molecule has 1 heterocycles. The molecular weight excluding hydrogens is 238 g/mol. The number of aryl methyl sites for hydroxylation is 2. The summed E-state index contributed by atoms with van der Waals surface area (Å²) < 4.78 is 1.76. The molecule has 2 atom stereocenters. The van der Waals surface area contributed by atoms with Gasteiger partial charge in [0.25, 0.3) is 5.56 Å². The molecule has 1 aliphatic rings. The molecule has 0 bridgehead atoms. The molecule has 1 aromatic heterocycles. The third-order valence-corrected chi connectivity index (χ3v) is 4.18. The summed E-state index contributed by atoms with van der Waals surface area (Å²) >= 11 is 0. The van der Waals surface area contributed by atoms with Gasteiger partial charge < -0.3 is 5.32 Å². The molecule has 19 heavy (non-hydrogen) atoms. The molecule has 1 aromatic rings. The molecule has 0 amide bonds. The molecule has 1 fully saturated rings. The normalized spacial score (nSPS) is 23.5. The van der Waals surface area contributed by atoms with Crippen molar-refractivity contribution in [3.63, 3.8) is 0 Å². The average Bonchev–Trinajstić information content (AvgIpc) is 2.34. The summed E-state index contributed by atoms with van der Waals surface area (Å²) in [5, 5.41) is 3.60. The van der Waals surface area contributed by atoms with E-state index >= 15 is 0 Å². The Labute approximate surface area is 115 Å². The fraction of sp³-hybridized carbons (Fsp3) is 0.733. The highest BCUT2D eigenvalue weighted by Crippen LogP contribution is 2.23. The Kier molecular flexibility index (Phi) is 4.75. The molecule has 1 saturated carbocycles. The van der Waals surface area contributed by atoms with E-state index in [1.165, 1.54) is 25.7 Å². The molecule has 2 unspecified atom stereocenters. The summed E-state index contributed by atoms with van der Waals surface area (Å²) in [4.78, 5) is 16.3. The predicted molar refractivity (Wildman–Crippen MR) is 77.4 cm³/mol. The van der Waals surface area contributed by atoms with E-state index in [0.29, 0.717) is 12.6 Å². The lowest BCUT2D eigenvalue weighted by atomic mass is 9.86. The second-order valence-electron chi connectivity index (χ2n) is 5.76. The van der Waals surface area contributed by atoms with E-state index in [1.54, 1.807) is 10.6 Å². The Morgan fingerprint density at radius 1 is 1.37 bits per heavy atom. The summed E-state index contributed by atoms with van der Waals surface area (Å²) in [6.45, 7) is 7.64. The van der Waals surface area contributed by atoms with Crippen molar-refractivity contribution < 1.29 is 0 Å². The van der Waals surface area contributed by atoms with Crippen LogP contribution in [0.1, 0.15) is 44.1 Å². The van der Waals surface area contributed by atoms with E-state index in [0.717, 1.165) is 24.0 Å². The minimum absolute atomic E-state index is 0.0588. The van der Waals surface area contributed by atoms with Gasteiger partial charge in [-0.3, -0.25) is 9.36 Å². The van der Waals surface area contributed by atoms with Gasteiger partial charge in [0.2, 0.25) is 0 Å². The Balaban J connectivity index is 1.91. The summed E-state index contributed by atoms with van der Waals surface area (Å²) in [5.41, 5.74) is 0.858. The van der Waals surface area contributed by atoms with Gasteiger partial charge in [0, 0.05) is 30.9 Å². The minimum Gasteiger partial charge on any atom is -0.312 e. The summed E-state index contributed by atoms with van der Waals surface area (Å²) in [6.07, 6.45) is 5.27. The van der Waals surface area contributed by atoms with E-state index in [-0.39, 0.29) is 5.56 Å². The van der Waals surface area contributed by atoms with Crippen molar-refractivity contribution in [2.24, 2.45) is 5.92 Å². The molecular formula is C15H25N3O. The first-order valence-corrected chi connectivity index (χ1v) is 7.36. The third kappa shape index (κ3) is 3.66. The Hall–Kier alpha value is -1.16. The van der Waals surface area contributed by atoms with Crippen LogP contribution in [0.4, 0.5) is 0 Å². The van der Waals surface area contributed by atoms with Crippen molar-refractivity contribution in [2.45, 2.75) is 59.0 Å². The van der Waals surface area contributed by atoms with E-state index in [9.17, 15) is 4.79 Å². The lowest BCUT2D eigenvalue weighted by Gasteiger charge is -2.29. The van der Waals surface area contributed by atoms with Gasteiger partial charge in [-0.05, 0) is 32.6 Å². The predicted octanol–water partition coefficient (Wildman–Crippen LogP) is 2.03. The zero-order valence-electron chi connectivity index (χ0n) is 12.3. The minimum atomic E-state index is 0.0588. The maximum absolute atomic E-state index is 11.9. The van der Waals surface area contributed by atoms with Crippen molar-refractivity contribution in [1.29, 1.82) is 0 Å². The summed E-state index contributed by atoms with van der Waals surface area (Å²) in [5.74, 6) is 1.56. The van der Waals surface area contributed by atoms with Crippen LogP contribution < -0.4 is 10.9 Å². The van der Waals surface area contributed by atoms with E-state index in [1.807, 2.05) is 13.8 Å². The molecule has 1 N–H and O–H groups in total. The van der Waals surface area contributed by atoms with Gasteiger partial charge in [-0.25, -0.2) is 4.98 Å². The topological polar surface area (TPSA) is 46.9 Å². The van der Waals surface area contributed by atoms with Gasteiger partial charge in [0.1, 0.15) is 5.82 Å². The molecule has 0 radical (unpaired) electrons. The van der Waals surface area contributed by atoms with Gasteiger partial charge in [-0.15, -0.1) is 0 Å². The molecule has 106 valence electrons. The fourth-order valence-corrected chi connectivity index (χ4v) is 3.02. The summed E-state index contributed by atoms with van der Waals surface area (Å²) in [7, 11) is 0. The molecule has 4 nitrogen and oxygen atoms in total. The van der Waals surface area contributed by atoms with Gasteiger partial charge in [0.15, 0.2) is 0 Å². The zero-order chi connectivity index (χ0) is 13.8. The first kappa shape index (κ1) is 14.3. The number of rotatable bonds is 4. The largest absolute Gasteiger partial charge is 0.312 e. The molecule has 0 aliphatic heterocycles. The van der Waals surface area contributed by atoms with Gasteiger partial charge >= 0.3 is 0 Å². The van der Waals surface area contributed by atoms with E-state index < -0.39 is 0 Å². The van der Waals surface area contributed by atoms with Crippen LogP contribution in [0.15, 0.2) is 10.9 Å². The molecule has 0 spiro atoms. The highest BCUT2D eigenvalue weighted by atomic mass is 16.1. The lowest BCUT2D eigenvalue weighted by molar-refractivity contribution is 0.277. The third-order valence-electron chi connectivity index (χ3n) is 4.18. The molecule has 0 aromatic carbocycles. The Morgan fingerprint density at radius 3 is 2.79 bits per heavy atom. The standard InChI is InChI=1S/C15H25N3O/c1-11-6-4-5-7-14(11)16-8-9-18-13(3)17-12(2)10-15(18)19/h10-11,14,16H,4-9H2,1-3H3. The number of aromatic nitrogens is 2. The Morgan fingerprint density at radius 2 is 2.11 bits per heavy atom. The van der Waals surface area contributed by atoms with Gasteiger partial charge in [0.05, 0.1) is 0 Å². The van der Waals surface area contributed by atoms with Crippen LogP contribution in [0, 0.1) is 19.8 Å². The maximum atomic E-state index is 11.9. The van der Waals surface area contributed by atoms with Crippen LogP contribution in [0.5, 0.6) is 0 Å². The average molecular weight is 263 g/mol. The number of hydrogen-bond acceptors (Lipinski definition) is 3. The van der Waals surface area contributed by atoms with Gasteiger partial charge in [-0.1, -0.05) is 19.8 Å². The van der Waals surface area contributed by atoms with Crippen LogP contribution >= 0.6 is 0 Å². The first-order chi connectivity index (χ1) is 9.08. The van der Waals surface area contributed by atoms with Crippen molar-refractivity contribution in [3.8, 4) is 0 Å². The van der Waals surface area contributed by atoms with E-state index in [4.69, 9.17) is 0 Å². The summed E-state index contributed by atoms with van der Waals surface area (Å²) in [6, 6.07) is 2.22. The number of hydrogen-bond donors (Lipinski definition) is 1. The monoisotopic (exact) mass is 263 g/mol. The Bertz CT molecular complexity index is 481. The van der Waals surface area contributed by atoms with Crippen molar-refractivity contribution >= 4 is 0 Å². The van der Waals surface area contributed by atoms with Crippen LogP contribution in [0.3, 0.4) is 0 Å².